The highest BCUT2D eigenvalue weighted by atomic mass is 32.1. The van der Waals surface area contributed by atoms with Gasteiger partial charge in [0.1, 0.15) is 0 Å². The third-order valence-corrected chi connectivity index (χ3v) is 3.49. The van der Waals surface area contributed by atoms with Crippen LogP contribution in [0.15, 0.2) is 5.38 Å². The van der Waals surface area contributed by atoms with E-state index >= 15 is 0 Å². The molecule has 0 aromatic carbocycles. The van der Waals surface area contributed by atoms with Crippen molar-refractivity contribution in [1.82, 2.24) is 9.88 Å². The van der Waals surface area contributed by atoms with Crippen molar-refractivity contribution in [2.24, 2.45) is 0 Å². The van der Waals surface area contributed by atoms with Crippen molar-refractivity contribution in [2.45, 2.75) is 20.3 Å². The molecule has 1 rings (SSSR count). The Morgan fingerprint density at radius 2 is 1.79 bits per heavy atom. The molecule has 0 spiro atoms. The van der Waals surface area contributed by atoms with Crippen LogP contribution in [-0.4, -0.2) is 55.9 Å². The summed E-state index contributed by atoms with van der Waals surface area (Å²) in [5.41, 5.74) is 6.70. The first-order valence-electron chi connectivity index (χ1n) is 6.84. The molecular formula is C13H25N3O2S. The number of nitrogens with zero attached hydrogens (tertiary/aromatic N) is 2. The summed E-state index contributed by atoms with van der Waals surface area (Å²) in [6, 6.07) is 0. The Kier molecular flexibility index (Phi) is 8.73. The molecular weight excluding hydrogens is 262 g/mol. The number of anilines is 1. The summed E-state index contributed by atoms with van der Waals surface area (Å²) in [6.45, 7) is 9.92. The zero-order valence-electron chi connectivity index (χ0n) is 11.9. The monoisotopic (exact) mass is 287 g/mol. The molecule has 0 saturated heterocycles. The Hall–Kier alpha value is -0.690. The van der Waals surface area contributed by atoms with Gasteiger partial charge in [0, 0.05) is 44.6 Å². The molecule has 0 bridgehead atoms. The van der Waals surface area contributed by atoms with E-state index in [4.69, 9.17) is 15.2 Å². The van der Waals surface area contributed by atoms with E-state index in [1.54, 1.807) is 0 Å². The average molecular weight is 287 g/mol. The standard InChI is InChI=1S/C13H25N3O2S/c1-3-17-9-7-16(8-10-18-4-2)6-5-12-11-19-13(14)15-12/h11H,3-10H2,1-2H3,(H2,14,15). The fourth-order valence-corrected chi connectivity index (χ4v) is 2.32. The van der Waals surface area contributed by atoms with Gasteiger partial charge >= 0.3 is 0 Å². The van der Waals surface area contributed by atoms with Crippen LogP contribution in [0.1, 0.15) is 19.5 Å². The molecule has 19 heavy (non-hydrogen) atoms. The summed E-state index contributed by atoms with van der Waals surface area (Å²) in [4.78, 5) is 6.63. The minimum atomic E-state index is 0.644. The van der Waals surface area contributed by atoms with Crippen molar-refractivity contribution in [3.8, 4) is 0 Å². The first kappa shape index (κ1) is 16.4. The van der Waals surface area contributed by atoms with Gasteiger partial charge in [-0.05, 0) is 13.8 Å². The molecule has 5 nitrogen and oxygen atoms in total. The van der Waals surface area contributed by atoms with E-state index in [2.05, 4.69) is 9.88 Å². The van der Waals surface area contributed by atoms with Gasteiger partial charge in [-0.3, -0.25) is 4.90 Å². The minimum absolute atomic E-state index is 0.644. The second kappa shape index (κ2) is 10.1. The lowest BCUT2D eigenvalue weighted by Gasteiger charge is -2.21. The number of hydrogen-bond donors (Lipinski definition) is 1. The molecule has 0 aliphatic heterocycles. The van der Waals surface area contributed by atoms with Gasteiger partial charge in [-0.15, -0.1) is 11.3 Å². The lowest BCUT2D eigenvalue weighted by Crippen LogP contribution is -2.33. The highest BCUT2D eigenvalue weighted by Gasteiger charge is 2.07. The van der Waals surface area contributed by atoms with Crippen molar-refractivity contribution in [2.75, 3.05) is 51.8 Å². The molecule has 0 aliphatic rings. The van der Waals surface area contributed by atoms with Crippen LogP contribution in [-0.2, 0) is 15.9 Å². The van der Waals surface area contributed by atoms with Crippen molar-refractivity contribution >= 4 is 16.5 Å². The number of nitrogens with two attached hydrogens (primary N) is 1. The Bertz CT molecular complexity index is 323. The Morgan fingerprint density at radius 1 is 1.16 bits per heavy atom. The highest BCUT2D eigenvalue weighted by Crippen LogP contribution is 2.11. The van der Waals surface area contributed by atoms with Crippen LogP contribution >= 0.6 is 11.3 Å². The molecule has 6 heteroatoms. The molecule has 1 heterocycles. The first-order valence-corrected chi connectivity index (χ1v) is 7.72. The Labute approximate surface area is 119 Å². The summed E-state index contributed by atoms with van der Waals surface area (Å²) in [5, 5.41) is 2.67. The third kappa shape index (κ3) is 7.47. The Morgan fingerprint density at radius 3 is 2.26 bits per heavy atom. The van der Waals surface area contributed by atoms with E-state index in [1.807, 2.05) is 19.2 Å². The molecule has 0 atom stereocenters. The molecule has 0 aliphatic carbocycles. The fourth-order valence-electron chi connectivity index (χ4n) is 1.72. The molecule has 1 aromatic heterocycles. The third-order valence-electron chi connectivity index (χ3n) is 2.77. The second-order valence-electron chi connectivity index (χ2n) is 4.16. The molecule has 0 amide bonds. The maximum atomic E-state index is 5.64. The predicted octanol–water partition coefficient (Wildman–Crippen LogP) is 1.64. The van der Waals surface area contributed by atoms with E-state index < -0.39 is 0 Å². The van der Waals surface area contributed by atoms with E-state index in [0.717, 1.165) is 58.2 Å². The van der Waals surface area contributed by atoms with Gasteiger partial charge in [0.2, 0.25) is 0 Å². The van der Waals surface area contributed by atoms with Crippen molar-refractivity contribution in [3.05, 3.63) is 11.1 Å². The second-order valence-corrected chi connectivity index (χ2v) is 5.05. The zero-order chi connectivity index (χ0) is 13.9. The number of rotatable bonds is 11. The van der Waals surface area contributed by atoms with Gasteiger partial charge in [-0.25, -0.2) is 4.98 Å². The molecule has 2 N–H and O–H groups in total. The van der Waals surface area contributed by atoms with E-state index in [-0.39, 0.29) is 0 Å². The quantitative estimate of drug-likeness (QED) is 0.627. The van der Waals surface area contributed by atoms with Gasteiger partial charge in [0.25, 0.3) is 0 Å². The van der Waals surface area contributed by atoms with Crippen LogP contribution in [0.5, 0.6) is 0 Å². The van der Waals surface area contributed by atoms with Crippen molar-refractivity contribution < 1.29 is 9.47 Å². The normalized spacial score (nSPS) is 11.3. The van der Waals surface area contributed by atoms with Crippen molar-refractivity contribution in [1.29, 1.82) is 0 Å². The van der Waals surface area contributed by atoms with Crippen LogP contribution in [0.25, 0.3) is 0 Å². The number of hydrogen-bond acceptors (Lipinski definition) is 6. The summed E-state index contributed by atoms with van der Waals surface area (Å²) in [7, 11) is 0. The number of nitrogen functional groups attached to an aromatic ring is 1. The summed E-state index contributed by atoms with van der Waals surface area (Å²) in [5.74, 6) is 0. The number of aromatic nitrogens is 1. The van der Waals surface area contributed by atoms with Crippen LogP contribution < -0.4 is 5.73 Å². The average Bonchev–Trinajstić information content (AvgIpc) is 2.81. The van der Waals surface area contributed by atoms with Gasteiger partial charge < -0.3 is 15.2 Å². The van der Waals surface area contributed by atoms with E-state index in [1.165, 1.54) is 11.3 Å². The van der Waals surface area contributed by atoms with Crippen LogP contribution in [0, 0.1) is 0 Å². The van der Waals surface area contributed by atoms with Gasteiger partial charge in [-0.2, -0.15) is 0 Å². The minimum Gasteiger partial charge on any atom is -0.380 e. The summed E-state index contributed by atoms with van der Waals surface area (Å²) in [6.07, 6.45) is 0.923. The number of ether oxygens (including phenoxy) is 2. The number of thiazole rings is 1. The van der Waals surface area contributed by atoms with Gasteiger partial charge in [0.15, 0.2) is 5.13 Å². The maximum Gasteiger partial charge on any atom is 0.180 e. The summed E-state index contributed by atoms with van der Waals surface area (Å²) >= 11 is 1.50. The fraction of sp³-hybridized carbons (Fsp3) is 0.769. The molecule has 0 radical (unpaired) electrons. The SMILES string of the molecule is CCOCCN(CCOCC)CCc1csc(N)n1. The lowest BCUT2D eigenvalue weighted by atomic mass is 10.3. The van der Waals surface area contributed by atoms with E-state index in [0.29, 0.717) is 5.13 Å². The van der Waals surface area contributed by atoms with Crippen LogP contribution in [0.3, 0.4) is 0 Å². The molecule has 0 saturated carbocycles. The first-order chi connectivity index (χ1) is 9.26. The smallest absolute Gasteiger partial charge is 0.180 e. The predicted molar refractivity (Wildman–Crippen MR) is 79.7 cm³/mol. The molecule has 110 valence electrons. The topological polar surface area (TPSA) is 60.6 Å². The van der Waals surface area contributed by atoms with Crippen LogP contribution in [0.4, 0.5) is 5.13 Å². The zero-order valence-corrected chi connectivity index (χ0v) is 12.7. The van der Waals surface area contributed by atoms with Crippen molar-refractivity contribution in [3.63, 3.8) is 0 Å². The molecule has 1 aromatic rings. The maximum absolute atomic E-state index is 5.64. The summed E-state index contributed by atoms with van der Waals surface area (Å²) < 4.78 is 10.8. The largest absolute Gasteiger partial charge is 0.380 e. The molecule has 0 fully saturated rings. The lowest BCUT2D eigenvalue weighted by molar-refractivity contribution is 0.0832. The highest BCUT2D eigenvalue weighted by molar-refractivity contribution is 7.13. The van der Waals surface area contributed by atoms with Crippen LogP contribution in [0.2, 0.25) is 0 Å². The Balaban J connectivity index is 2.29. The van der Waals surface area contributed by atoms with Gasteiger partial charge in [0.05, 0.1) is 18.9 Å². The molecule has 0 unspecified atom stereocenters. The van der Waals surface area contributed by atoms with Gasteiger partial charge in [-0.1, -0.05) is 0 Å². The van der Waals surface area contributed by atoms with E-state index in [9.17, 15) is 0 Å².